The highest BCUT2D eigenvalue weighted by Crippen LogP contribution is 2.46. The van der Waals surface area contributed by atoms with Crippen molar-refractivity contribution in [1.82, 2.24) is 5.32 Å². The van der Waals surface area contributed by atoms with Crippen molar-refractivity contribution in [3.63, 3.8) is 0 Å². The van der Waals surface area contributed by atoms with Gasteiger partial charge in [0.1, 0.15) is 17.8 Å². The number of hydrogen-bond donors (Lipinski definition) is 1. The van der Waals surface area contributed by atoms with Gasteiger partial charge in [0.2, 0.25) is 0 Å². The summed E-state index contributed by atoms with van der Waals surface area (Å²) >= 11 is 0. The highest BCUT2D eigenvalue weighted by Gasteiger charge is 2.47. The second-order valence-corrected chi connectivity index (χ2v) is 9.48. The smallest absolute Gasteiger partial charge is 0.337 e. The molecular formula is C27H33NO6. The van der Waals surface area contributed by atoms with E-state index in [0.717, 1.165) is 43.4 Å². The number of nitrogens with one attached hydrogen (secondary N) is 1. The van der Waals surface area contributed by atoms with Crippen LogP contribution in [0.2, 0.25) is 0 Å². The molecule has 2 aliphatic carbocycles. The summed E-state index contributed by atoms with van der Waals surface area (Å²) in [6.07, 6.45) is 5.33. The van der Waals surface area contributed by atoms with Crippen LogP contribution < -0.4 is 10.1 Å². The van der Waals surface area contributed by atoms with E-state index in [4.69, 9.17) is 14.2 Å². The zero-order valence-corrected chi connectivity index (χ0v) is 20.3. The lowest BCUT2D eigenvalue weighted by Gasteiger charge is -2.38. The Hall–Kier alpha value is -3.09. The maximum atomic E-state index is 13.8. The molecule has 1 saturated carbocycles. The molecule has 1 N–H and O–H groups in total. The highest BCUT2D eigenvalue weighted by atomic mass is 16.5. The van der Waals surface area contributed by atoms with Gasteiger partial charge in [-0.2, -0.15) is 0 Å². The van der Waals surface area contributed by atoms with Crippen LogP contribution in [0, 0.1) is 11.8 Å². The quantitative estimate of drug-likeness (QED) is 0.513. The van der Waals surface area contributed by atoms with Crippen LogP contribution in [0.5, 0.6) is 5.75 Å². The van der Waals surface area contributed by atoms with Gasteiger partial charge in [0, 0.05) is 22.9 Å². The number of carbonyl (C=O) groups excluding carboxylic acids is 3. The Kier molecular flexibility index (Phi) is 7.10. The summed E-state index contributed by atoms with van der Waals surface area (Å²) in [7, 11) is 2.87. The Morgan fingerprint density at radius 1 is 1.09 bits per heavy atom. The third-order valence-corrected chi connectivity index (χ3v) is 7.22. The molecule has 0 spiro atoms. The number of methoxy groups -OCH3 is 2. The molecule has 1 aliphatic heterocycles. The molecule has 4 rings (SSSR count). The summed E-state index contributed by atoms with van der Waals surface area (Å²) in [5.74, 6) is -2.44. The summed E-state index contributed by atoms with van der Waals surface area (Å²) in [6, 6.07) is 7.37. The van der Waals surface area contributed by atoms with Crippen LogP contribution in [0.15, 0.2) is 46.8 Å². The first-order valence-corrected chi connectivity index (χ1v) is 12.0. The van der Waals surface area contributed by atoms with E-state index >= 15 is 0 Å². The molecule has 0 amide bonds. The molecule has 1 aromatic carbocycles. The van der Waals surface area contributed by atoms with Crippen molar-refractivity contribution in [2.45, 2.75) is 64.4 Å². The number of rotatable bonds is 5. The number of dihydropyridines is 1. The van der Waals surface area contributed by atoms with E-state index in [1.165, 1.54) is 7.11 Å². The van der Waals surface area contributed by atoms with Gasteiger partial charge in [0.05, 0.1) is 19.8 Å². The topological polar surface area (TPSA) is 90.9 Å². The second-order valence-electron chi connectivity index (χ2n) is 9.48. The molecule has 1 aromatic rings. The molecule has 0 bridgehead atoms. The van der Waals surface area contributed by atoms with Crippen LogP contribution in [0.25, 0.3) is 0 Å². The van der Waals surface area contributed by atoms with Gasteiger partial charge in [0.15, 0.2) is 5.78 Å². The van der Waals surface area contributed by atoms with Crippen LogP contribution in [0.3, 0.4) is 0 Å². The van der Waals surface area contributed by atoms with Gasteiger partial charge in [-0.15, -0.1) is 0 Å². The number of benzene rings is 1. The molecule has 0 unspecified atom stereocenters. The average Bonchev–Trinajstić information content (AvgIpc) is 2.83. The van der Waals surface area contributed by atoms with E-state index in [-0.39, 0.29) is 17.8 Å². The zero-order valence-electron chi connectivity index (χ0n) is 20.3. The maximum Gasteiger partial charge on any atom is 0.337 e. The van der Waals surface area contributed by atoms with E-state index in [1.807, 2.05) is 38.1 Å². The molecule has 7 heteroatoms. The molecule has 182 valence electrons. The van der Waals surface area contributed by atoms with E-state index in [2.05, 4.69) is 5.32 Å². The van der Waals surface area contributed by atoms with Crippen molar-refractivity contribution in [2.75, 3.05) is 14.2 Å². The summed E-state index contributed by atoms with van der Waals surface area (Å²) < 4.78 is 16.3. The van der Waals surface area contributed by atoms with Crippen LogP contribution in [-0.4, -0.2) is 38.0 Å². The minimum absolute atomic E-state index is 0.118. The second kappa shape index (κ2) is 10.0. The number of hydrogen-bond acceptors (Lipinski definition) is 7. The monoisotopic (exact) mass is 467 g/mol. The van der Waals surface area contributed by atoms with Gasteiger partial charge in [-0.1, -0.05) is 25.5 Å². The van der Waals surface area contributed by atoms with Gasteiger partial charge in [0.25, 0.3) is 0 Å². The predicted octanol–water partition coefficient (Wildman–Crippen LogP) is 4.18. The van der Waals surface area contributed by atoms with Gasteiger partial charge >= 0.3 is 11.9 Å². The third kappa shape index (κ3) is 4.48. The van der Waals surface area contributed by atoms with E-state index in [9.17, 15) is 14.4 Å². The molecule has 1 heterocycles. The fraction of sp³-hybridized carbons (Fsp3) is 0.519. The van der Waals surface area contributed by atoms with Gasteiger partial charge in [-0.05, 0) is 62.6 Å². The first kappa shape index (κ1) is 24.0. The molecule has 1 fully saturated rings. The van der Waals surface area contributed by atoms with Gasteiger partial charge < -0.3 is 19.5 Å². The molecule has 0 saturated heterocycles. The fourth-order valence-electron chi connectivity index (χ4n) is 5.50. The molecular weight excluding hydrogens is 434 g/mol. The number of allylic oxidation sites excluding steroid dienone is 3. The van der Waals surface area contributed by atoms with Crippen molar-refractivity contribution in [3.05, 3.63) is 52.4 Å². The standard InChI is InChI=1S/C27H33NO6/c1-15-13-20-24(25(29)21(15)26(30)33-4)23(17-9-8-12-19(14-17)32-3)22(16(2)28-20)27(31)34-18-10-6-5-7-11-18/h8-9,12,14-15,18,21,23,28H,5-7,10-11,13H2,1-4H3/t15-,21+,23+/m0/s1. The number of esters is 2. The Morgan fingerprint density at radius 3 is 2.50 bits per heavy atom. The molecule has 0 aromatic heterocycles. The predicted molar refractivity (Wildman–Crippen MR) is 126 cm³/mol. The number of Topliss-reactive ketones (excluding diaryl/α,β-unsaturated/α-hetero) is 1. The van der Waals surface area contributed by atoms with Crippen LogP contribution in [-0.2, 0) is 23.9 Å². The molecule has 34 heavy (non-hydrogen) atoms. The van der Waals surface area contributed by atoms with Gasteiger partial charge in [-0.25, -0.2) is 4.79 Å². The maximum absolute atomic E-state index is 13.8. The Labute approximate surface area is 200 Å². The van der Waals surface area contributed by atoms with Crippen molar-refractivity contribution in [2.24, 2.45) is 11.8 Å². The lowest BCUT2D eigenvalue weighted by Crippen LogP contribution is -2.43. The van der Waals surface area contributed by atoms with Crippen LogP contribution >= 0.6 is 0 Å². The number of carbonyl (C=O) groups is 3. The first-order chi connectivity index (χ1) is 16.3. The molecule has 7 nitrogen and oxygen atoms in total. The lowest BCUT2D eigenvalue weighted by atomic mass is 9.69. The van der Waals surface area contributed by atoms with Crippen molar-refractivity contribution in [3.8, 4) is 5.75 Å². The van der Waals surface area contributed by atoms with Crippen molar-refractivity contribution >= 4 is 17.7 Å². The Bertz CT molecular complexity index is 1050. The third-order valence-electron chi connectivity index (χ3n) is 7.22. The largest absolute Gasteiger partial charge is 0.497 e. The molecule has 3 aliphatic rings. The fourth-order valence-corrected chi connectivity index (χ4v) is 5.50. The van der Waals surface area contributed by atoms with E-state index in [1.54, 1.807) is 7.11 Å². The van der Waals surface area contributed by atoms with Crippen LogP contribution in [0.1, 0.15) is 63.9 Å². The average molecular weight is 468 g/mol. The lowest BCUT2D eigenvalue weighted by molar-refractivity contribution is -0.151. The first-order valence-electron chi connectivity index (χ1n) is 12.0. The normalized spacial score (nSPS) is 25.4. The van der Waals surface area contributed by atoms with Crippen molar-refractivity contribution in [1.29, 1.82) is 0 Å². The number of ketones is 1. The van der Waals surface area contributed by atoms with Crippen LogP contribution in [0.4, 0.5) is 0 Å². The summed E-state index contributed by atoms with van der Waals surface area (Å²) in [6.45, 7) is 3.72. The Morgan fingerprint density at radius 2 is 1.82 bits per heavy atom. The zero-order chi connectivity index (χ0) is 24.4. The van der Waals surface area contributed by atoms with Crippen molar-refractivity contribution < 1.29 is 28.6 Å². The van der Waals surface area contributed by atoms with Gasteiger partial charge in [-0.3, -0.25) is 9.59 Å². The minimum Gasteiger partial charge on any atom is -0.497 e. The summed E-state index contributed by atoms with van der Waals surface area (Å²) in [5, 5.41) is 3.31. The summed E-state index contributed by atoms with van der Waals surface area (Å²) in [5.41, 5.74) is 3.00. The van der Waals surface area contributed by atoms with E-state index < -0.39 is 23.8 Å². The summed E-state index contributed by atoms with van der Waals surface area (Å²) in [4.78, 5) is 39.9. The molecule has 3 atom stereocenters. The SMILES string of the molecule is COC(=O)[C@H]1C(=O)C2=C(C[C@@H]1C)NC(C)=C(C(=O)OC1CCCCC1)[C@H]2c1cccc(OC)c1. The highest BCUT2D eigenvalue weighted by molar-refractivity contribution is 6.12. The minimum atomic E-state index is -0.910. The molecule has 0 radical (unpaired) electrons. The van der Waals surface area contributed by atoms with E-state index in [0.29, 0.717) is 29.0 Å². The number of ether oxygens (including phenoxy) is 3. The Balaban J connectivity index is 1.79.